The van der Waals surface area contributed by atoms with Crippen LogP contribution in [0.15, 0.2) is 34.4 Å². The second-order valence-electron chi connectivity index (χ2n) is 4.89. The smallest absolute Gasteiger partial charge is 0.237 e. The van der Waals surface area contributed by atoms with Gasteiger partial charge in [-0.25, -0.2) is 4.99 Å². The summed E-state index contributed by atoms with van der Waals surface area (Å²) in [4.78, 5) is 4.49. The minimum Gasteiger partial charge on any atom is -0.475 e. The van der Waals surface area contributed by atoms with E-state index in [1.807, 2.05) is 26.0 Å². The number of hydrogen-bond donors (Lipinski definition) is 1. The molecular weight excluding hydrogens is 254 g/mol. The number of hydrazone groups is 1. The Balaban J connectivity index is 2.20. The maximum Gasteiger partial charge on any atom is 0.237 e. The van der Waals surface area contributed by atoms with Gasteiger partial charge in [0.15, 0.2) is 0 Å². The van der Waals surface area contributed by atoms with Crippen molar-refractivity contribution >= 4 is 17.3 Å². The molecule has 1 aromatic rings. The number of anilines is 1. The van der Waals surface area contributed by atoms with Gasteiger partial charge in [-0.15, -0.1) is 0 Å². The number of nitrogens with one attached hydrogen (secondary N) is 1. The molecule has 0 fully saturated rings. The Morgan fingerprint density at radius 1 is 1.40 bits per heavy atom. The van der Waals surface area contributed by atoms with Crippen molar-refractivity contribution < 1.29 is 4.74 Å². The summed E-state index contributed by atoms with van der Waals surface area (Å²) in [6.45, 7) is 4.54. The van der Waals surface area contributed by atoms with Crippen LogP contribution in [0, 0.1) is 22.7 Å². The fourth-order valence-electron chi connectivity index (χ4n) is 1.65. The summed E-state index contributed by atoms with van der Waals surface area (Å²) >= 11 is 0. The molecule has 0 amide bonds. The Morgan fingerprint density at radius 2 is 2.15 bits per heavy atom. The van der Waals surface area contributed by atoms with Crippen molar-refractivity contribution in [2.75, 3.05) is 12.0 Å². The third kappa shape index (κ3) is 3.12. The molecule has 20 heavy (non-hydrogen) atoms. The van der Waals surface area contributed by atoms with Crippen molar-refractivity contribution in [2.24, 2.45) is 10.1 Å². The average molecular weight is 267 g/mol. The first-order chi connectivity index (χ1) is 9.54. The van der Waals surface area contributed by atoms with Crippen molar-refractivity contribution in [1.29, 1.82) is 10.5 Å². The van der Waals surface area contributed by atoms with Crippen LogP contribution in [-0.2, 0) is 4.74 Å². The second kappa shape index (κ2) is 5.41. The standard InChI is InChI=1S/C14H13N5O/c1-14(2)9-20-13(17-14)10-4-3-5-11(6-10)18-19-12(7-15)8-16/h3-6,18H,9H2,1-2H3. The fraction of sp³-hybridized carbons (Fsp3) is 0.286. The third-order valence-corrected chi connectivity index (χ3v) is 2.58. The molecule has 0 unspecified atom stereocenters. The largest absolute Gasteiger partial charge is 0.475 e. The van der Waals surface area contributed by atoms with Gasteiger partial charge >= 0.3 is 0 Å². The van der Waals surface area contributed by atoms with Gasteiger partial charge in [-0.1, -0.05) is 6.07 Å². The Kier molecular flexibility index (Phi) is 3.67. The molecule has 0 saturated carbocycles. The first-order valence-electron chi connectivity index (χ1n) is 6.01. The topological polar surface area (TPSA) is 93.6 Å². The molecule has 0 aliphatic carbocycles. The maximum absolute atomic E-state index is 8.61. The van der Waals surface area contributed by atoms with Gasteiger partial charge in [0.2, 0.25) is 11.6 Å². The lowest BCUT2D eigenvalue weighted by Crippen LogP contribution is -2.17. The maximum atomic E-state index is 8.61. The number of aliphatic imine (C=N–C) groups is 1. The lowest BCUT2D eigenvalue weighted by molar-refractivity contribution is 0.279. The van der Waals surface area contributed by atoms with E-state index in [2.05, 4.69) is 15.5 Å². The van der Waals surface area contributed by atoms with Crippen LogP contribution in [0.5, 0.6) is 0 Å². The number of hydrogen-bond acceptors (Lipinski definition) is 6. The van der Waals surface area contributed by atoms with Crippen LogP contribution in [0.2, 0.25) is 0 Å². The molecule has 0 bridgehead atoms. The van der Waals surface area contributed by atoms with Crippen LogP contribution >= 0.6 is 0 Å². The molecule has 2 rings (SSSR count). The van der Waals surface area contributed by atoms with Crippen molar-refractivity contribution in [3.05, 3.63) is 29.8 Å². The van der Waals surface area contributed by atoms with E-state index in [1.54, 1.807) is 24.3 Å². The van der Waals surface area contributed by atoms with Gasteiger partial charge in [0, 0.05) is 5.56 Å². The molecule has 1 aliphatic heterocycles. The highest BCUT2D eigenvalue weighted by Gasteiger charge is 2.26. The van der Waals surface area contributed by atoms with E-state index in [0.717, 1.165) is 5.56 Å². The van der Waals surface area contributed by atoms with Crippen LogP contribution in [0.1, 0.15) is 19.4 Å². The highest BCUT2D eigenvalue weighted by atomic mass is 16.5. The highest BCUT2D eigenvalue weighted by Crippen LogP contribution is 2.22. The number of ether oxygens (including phenoxy) is 1. The van der Waals surface area contributed by atoms with E-state index in [1.165, 1.54) is 0 Å². The minimum atomic E-state index is -0.231. The molecule has 0 radical (unpaired) electrons. The summed E-state index contributed by atoms with van der Waals surface area (Å²) in [6, 6.07) is 10.6. The average Bonchev–Trinajstić information content (AvgIpc) is 2.81. The number of rotatable bonds is 3. The molecule has 1 aliphatic rings. The molecule has 0 atom stereocenters. The summed E-state index contributed by atoms with van der Waals surface area (Å²) in [5.41, 5.74) is 3.70. The van der Waals surface area contributed by atoms with Crippen LogP contribution in [0.3, 0.4) is 0 Å². The van der Waals surface area contributed by atoms with Crippen molar-refractivity contribution in [3.8, 4) is 12.1 Å². The number of nitrogens with zero attached hydrogens (tertiary/aromatic N) is 4. The lowest BCUT2D eigenvalue weighted by Gasteiger charge is -2.07. The van der Waals surface area contributed by atoms with E-state index in [0.29, 0.717) is 18.2 Å². The van der Waals surface area contributed by atoms with Crippen molar-refractivity contribution in [3.63, 3.8) is 0 Å². The van der Waals surface area contributed by atoms with Crippen LogP contribution in [-0.4, -0.2) is 23.8 Å². The van der Waals surface area contributed by atoms with E-state index < -0.39 is 0 Å². The van der Waals surface area contributed by atoms with Gasteiger partial charge in [0.25, 0.3) is 0 Å². The van der Waals surface area contributed by atoms with E-state index in [-0.39, 0.29) is 11.3 Å². The zero-order valence-corrected chi connectivity index (χ0v) is 11.2. The van der Waals surface area contributed by atoms with Gasteiger partial charge in [-0.2, -0.15) is 15.6 Å². The SMILES string of the molecule is CC1(C)COC(c2cccc(NN=C(C#N)C#N)c2)=N1. The summed E-state index contributed by atoms with van der Waals surface area (Å²) in [7, 11) is 0. The second-order valence-corrected chi connectivity index (χ2v) is 4.89. The molecule has 0 spiro atoms. The quantitative estimate of drug-likeness (QED) is 0.670. The van der Waals surface area contributed by atoms with Crippen LogP contribution in [0.25, 0.3) is 0 Å². The van der Waals surface area contributed by atoms with Gasteiger partial charge in [0.05, 0.1) is 11.2 Å². The molecular formula is C14H13N5O. The lowest BCUT2D eigenvalue weighted by atomic mass is 10.1. The molecule has 0 aromatic heterocycles. The predicted octanol–water partition coefficient (Wildman–Crippen LogP) is 2.06. The Morgan fingerprint density at radius 3 is 2.75 bits per heavy atom. The van der Waals surface area contributed by atoms with Gasteiger partial charge in [-0.3, -0.25) is 5.43 Å². The third-order valence-electron chi connectivity index (χ3n) is 2.58. The van der Waals surface area contributed by atoms with Crippen LogP contribution < -0.4 is 5.43 Å². The van der Waals surface area contributed by atoms with Crippen molar-refractivity contribution in [2.45, 2.75) is 19.4 Å². The number of benzene rings is 1. The molecule has 1 aromatic carbocycles. The van der Waals surface area contributed by atoms with E-state index >= 15 is 0 Å². The zero-order valence-electron chi connectivity index (χ0n) is 11.2. The van der Waals surface area contributed by atoms with Gasteiger partial charge in [-0.05, 0) is 32.0 Å². The number of nitriles is 2. The molecule has 1 N–H and O–H groups in total. The highest BCUT2D eigenvalue weighted by molar-refractivity contribution is 6.10. The molecule has 6 heteroatoms. The zero-order chi connectivity index (χ0) is 14.6. The van der Waals surface area contributed by atoms with Crippen LogP contribution in [0.4, 0.5) is 5.69 Å². The first-order valence-corrected chi connectivity index (χ1v) is 6.01. The van der Waals surface area contributed by atoms with E-state index in [9.17, 15) is 0 Å². The van der Waals surface area contributed by atoms with Crippen molar-refractivity contribution in [1.82, 2.24) is 0 Å². The molecule has 100 valence electrons. The van der Waals surface area contributed by atoms with Gasteiger partial charge < -0.3 is 4.74 Å². The van der Waals surface area contributed by atoms with E-state index in [4.69, 9.17) is 15.3 Å². The predicted molar refractivity (Wildman–Crippen MR) is 75.3 cm³/mol. The Bertz CT molecular complexity index is 645. The minimum absolute atomic E-state index is 0.217. The fourth-order valence-corrected chi connectivity index (χ4v) is 1.65. The summed E-state index contributed by atoms with van der Waals surface area (Å²) in [5.74, 6) is 0.586. The Hall–Kier alpha value is -2.86. The molecule has 6 nitrogen and oxygen atoms in total. The normalized spacial score (nSPS) is 15.3. The monoisotopic (exact) mass is 267 g/mol. The molecule has 1 heterocycles. The summed E-state index contributed by atoms with van der Waals surface area (Å²) < 4.78 is 5.56. The Labute approximate surface area is 117 Å². The molecule has 0 saturated heterocycles. The first kappa shape index (κ1) is 13.6. The summed E-state index contributed by atoms with van der Waals surface area (Å²) in [6.07, 6.45) is 0. The van der Waals surface area contributed by atoms with Gasteiger partial charge in [0.1, 0.15) is 18.7 Å². The summed E-state index contributed by atoms with van der Waals surface area (Å²) in [5, 5.41) is 20.9.